The molecule has 110 valence electrons. The largest absolute Gasteiger partial charge is 0.381 e. The molecule has 0 radical (unpaired) electrons. The molecule has 1 saturated heterocycles. The zero-order chi connectivity index (χ0) is 13.7. The molecular weight excluding hydrogens is 242 g/mol. The molecule has 1 saturated carbocycles. The van der Waals surface area contributed by atoms with E-state index in [0.29, 0.717) is 18.7 Å². The molecule has 1 aliphatic carbocycles. The second kappa shape index (κ2) is 7.22. The number of piperazine rings is 1. The molecule has 0 aromatic heterocycles. The highest BCUT2D eigenvalue weighted by molar-refractivity contribution is 5.78. The predicted molar refractivity (Wildman–Crippen MR) is 75.1 cm³/mol. The van der Waals surface area contributed by atoms with Gasteiger partial charge in [-0.3, -0.25) is 9.69 Å². The topological polar surface area (TPSA) is 44.8 Å². The summed E-state index contributed by atoms with van der Waals surface area (Å²) in [4.78, 5) is 16.4. The van der Waals surface area contributed by atoms with Gasteiger partial charge in [-0.15, -0.1) is 0 Å². The molecule has 1 heterocycles. The lowest BCUT2D eigenvalue weighted by atomic mass is 9.92. The van der Waals surface area contributed by atoms with Crippen molar-refractivity contribution in [3.8, 4) is 0 Å². The summed E-state index contributed by atoms with van der Waals surface area (Å²) >= 11 is 0. The molecule has 1 aliphatic heterocycles. The zero-order valence-electron chi connectivity index (χ0n) is 12.2. The van der Waals surface area contributed by atoms with E-state index in [9.17, 15) is 4.79 Å². The van der Waals surface area contributed by atoms with Gasteiger partial charge in [0.05, 0.1) is 12.6 Å². The van der Waals surface area contributed by atoms with E-state index in [1.165, 1.54) is 12.8 Å². The van der Waals surface area contributed by atoms with Gasteiger partial charge in [0.1, 0.15) is 0 Å². The van der Waals surface area contributed by atoms with Crippen LogP contribution in [-0.2, 0) is 9.53 Å². The van der Waals surface area contributed by atoms with E-state index in [4.69, 9.17) is 4.74 Å². The number of nitrogens with zero attached hydrogens (tertiary/aromatic N) is 2. The molecule has 1 N–H and O–H groups in total. The van der Waals surface area contributed by atoms with E-state index < -0.39 is 0 Å². The first-order valence-corrected chi connectivity index (χ1v) is 7.42. The van der Waals surface area contributed by atoms with E-state index in [-0.39, 0.29) is 5.91 Å². The number of likely N-dealkylation sites (N-methyl/N-ethyl adjacent to an activating group) is 1. The molecule has 5 nitrogen and oxygen atoms in total. The van der Waals surface area contributed by atoms with Gasteiger partial charge in [-0.25, -0.2) is 0 Å². The summed E-state index contributed by atoms with van der Waals surface area (Å²) in [6.45, 7) is 4.08. The van der Waals surface area contributed by atoms with Crippen LogP contribution in [-0.4, -0.2) is 74.7 Å². The van der Waals surface area contributed by atoms with Crippen LogP contribution in [0.5, 0.6) is 0 Å². The minimum Gasteiger partial charge on any atom is -0.381 e. The maximum absolute atomic E-state index is 12.2. The number of amides is 1. The summed E-state index contributed by atoms with van der Waals surface area (Å²) < 4.78 is 5.46. The van der Waals surface area contributed by atoms with Gasteiger partial charge in [0.2, 0.25) is 5.91 Å². The van der Waals surface area contributed by atoms with Crippen molar-refractivity contribution in [2.45, 2.75) is 37.8 Å². The van der Waals surface area contributed by atoms with E-state index in [0.717, 1.165) is 39.0 Å². The van der Waals surface area contributed by atoms with E-state index >= 15 is 0 Å². The number of carbonyl (C=O) groups is 1. The first-order valence-electron chi connectivity index (χ1n) is 7.42. The Balaban J connectivity index is 1.79. The molecule has 2 fully saturated rings. The maximum atomic E-state index is 12.2. The molecule has 5 heteroatoms. The van der Waals surface area contributed by atoms with Gasteiger partial charge in [-0.1, -0.05) is 0 Å². The van der Waals surface area contributed by atoms with Crippen molar-refractivity contribution in [3.63, 3.8) is 0 Å². The molecular formula is C14H27N3O2. The third-order valence-electron chi connectivity index (χ3n) is 4.41. The van der Waals surface area contributed by atoms with Gasteiger partial charge in [0, 0.05) is 39.3 Å². The highest BCUT2D eigenvalue weighted by Crippen LogP contribution is 2.24. The molecule has 2 rings (SSSR count). The second-order valence-electron chi connectivity index (χ2n) is 5.72. The van der Waals surface area contributed by atoms with Crippen molar-refractivity contribution in [3.05, 3.63) is 0 Å². The zero-order valence-corrected chi connectivity index (χ0v) is 12.2. The average molecular weight is 269 g/mol. The van der Waals surface area contributed by atoms with Crippen LogP contribution < -0.4 is 5.32 Å². The number of hydrogen-bond donors (Lipinski definition) is 1. The first-order chi connectivity index (χ1) is 9.20. The van der Waals surface area contributed by atoms with E-state index in [1.54, 1.807) is 7.11 Å². The van der Waals surface area contributed by atoms with Crippen LogP contribution in [0.3, 0.4) is 0 Å². The number of hydrogen-bond acceptors (Lipinski definition) is 4. The Bertz CT molecular complexity index is 292. The molecule has 19 heavy (non-hydrogen) atoms. The number of methoxy groups -OCH3 is 1. The fourth-order valence-corrected chi connectivity index (χ4v) is 3.09. The van der Waals surface area contributed by atoms with Gasteiger partial charge in [-0.05, 0) is 32.7 Å². The smallest absolute Gasteiger partial charge is 0.236 e. The molecule has 0 aromatic carbocycles. The highest BCUT2D eigenvalue weighted by Gasteiger charge is 2.27. The van der Waals surface area contributed by atoms with Crippen LogP contribution in [0.4, 0.5) is 0 Å². The standard InChI is InChI=1S/C14H27N3O2/c1-16(12-4-3-5-13(10-12)19-2)11-14(18)17-8-6-15-7-9-17/h12-13,15H,3-11H2,1-2H3. The van der Waals surface area contributed by atoms with Crippen molar-refractivity contribution in [2.75, 3.05) is 46.9 Å². The third-order valence-corrected chi connectivity index (χ3v) is 4.41. The lowest BCUT2D eigenvalue weighted by Gasteiger charge is -2.36. The van der Waals surface area contributed by atoms with Crippen LogP contribution in [0, 0.1) is 0 Å². The summed E-state index contributed by atoms with van der Waals surface area (Å²) in [7, 11) is 3.86. The Morgan fingerprint density at radius 1 is 1.37 bits per heavy atom. The van der Waals surface area contributed by atoms with E-state index in [2.05, 4.69) is 17.3 Å². The molecule has 2 atom stereocenters. The molecule has 1 amide bonds. The quantitative estimate of drug-likeness (QED) is 0.798. The minimum absolute atomic E-state index is 0.267. The maximum Gasteiger partial charge on any atom is 0.236 e. The summed E-state index contributed by atoms with van der Waals surface area (Å²) in [5, 5.41) is 3.28. The van der Waals surface area contributed by atoms with Gasteiger partial charge in [-0.2, -0.15) is 0 Å². The van der Waals surface area contributed by atoms with Crippen LogP contribution in [0.25, 0.3) is 0 Å². The predicted octanol–water partition coefficient (Wildman–Crippen LogP) is 0.308. The Morgan fingerprint density at radius 3 is 2.79 bits per heavy atom. The van der Waals surface area contributed by atoms with Crippen LogP contribution >= 0.6 is 0 Å². The van der Waals surface area contributed by atoms with Crippen LogP contribution in [0.15, 0.2) is 0 Å². The Morgan fingerprint density at radius 2 is 2.11 bits per heavy atom. The number of nitrogens with one attached hydrogen (secondary N) is 1. The van der Waals surface area contributed by atoms with Gasteiger partial charge < -0.3 is 15.0 Å². The lowest BCUT2D eigenvalue weighted by molar-refractivity contribution is -0.133. The Kier molecular flexibility index (Phi) is 5.60. The van der Waals surface area contributed by atoms with Gasteiger partial charge in [0.25, 0.3) is 0 Å². The number of rotatable bonds is 4. The highest BCUT2D eigenvalue weighted by atomic mass is 16.5. The number of carbonyl (C=O) groups excluding carboxylic acids is 1. The molecule has 2 aliphatic rings. The fourth-order valence-electron chi connectivity index (χ4n) is 3.09. The van der Waals surface area contributed by atoms with Gasteiger partial charge in [0.15, 0.2) is 0 Å². The van der Waals surface area contributed by atoms with Crippen molar-refractivity contribution >= 4 is 5.91 Å². The normalized spacial score (nSPS) is 28.7. The Hall–Kier alpha value is -0.650. The molecule has 0 aromatic rings. The SMILES string of the molecule is COC1CCCC(N(C)CC(=O)N2CCNCC2)C1. The van der Waals surface area contributed by atoms with Crippen molar-refractivity contribution in [2.24, 2.45) is 0 Å². The van der Waals surface area contributed by atoms with Gasteiger partial charge >= 0.3 is 0 Å². The fraction of sp³-hybridized carbons (Fsp3) is 0.929. The van der Waals surface area contributed by atoms with E-state index in [1.807, 2.05) is 4.90 Å². The first kappa shape index (κ1) is 14.8. The summed E-state index contributed by atoms with van der Waals surface area (Å²) in [6, 6.07) is 0.491. The lowest BCUT2D eigenvalue weighted by Crippen LogP contribution is -2.50. The van der Waals surface area contributed by atoms with Crippen molar-refractivity contribution in [1.82, 2.24) is 15.1 Å². The second-order valence-corrected chi connectivity index (χ2v) is 5.72. The third kappa shape index (κ3) is 4.16. The Labute approximate surface area is 116 Å². The van der Waals surface area contributed by atoms with Crippen LogP contribution in [0.1, 0.15) is 25.7 Å². The molecule has 2 unspecified atom stereocenters. The molecule has 0 bridgehead atoms. The monoisotopic (exact) mass is 269 g/mol. The van der Waals surface area contributed by atoms with Crippen molar-refractivity contribution in [1.29, 1.82) is 0 Å². The molecule has 0 spiro atoms. The average Bonchev–Trinajstić information content (AvgIpc) is 2.48. The minimum atomic E-state index is 0.267. The van der Waals surface area contributed by atoms with Crippen molar-refractivity contribution < 1.29 is 9.53 Å². The summed E-state index contributed by atoms with van der Waals surface area (Å²) in [6.07, 6.45) is 4.98. The number of ether oxygens (including phenoxy) is 1. The summed E-state index contributed by atoms with van der Waals surface area (Å²) in [5.41, 5.74) is 0. The van der Waals surface area contributed by atoms with Crippen LogP contribution in [0.2, 0.25) is 0 Å². The summed E-state index contributed by atoms with van der Waals surface area (Å²) in [5.74, 6) is 0.267.